The van der Waals surface area contributed by atoms with E-state index in [1.807, 2.05) is 25.1 Å². The Morgan fingerprint density at radius 1 is 1.08 bits per heavy atom. The maximum Gasteiger partial charge on any atom is 0.243 e. The summed E-state index contributed by atoms with van der Waals surface area (Å²) in [6.45, 7) is 2.22. The first-order valence-electron chi connectivity index (χ1n) is 13.6. The third kappa shape index (κ3) is 8.86. The predicted octanol–water partition coefficient (Wildman–Crippen LogP) is 5.15. The topological polar surface area (TPSA) is 96.0 Å². The highest BCUT2D eigenvalue weighted by atomic mass is 35.5. The van der Waals surface area contributed by atoms with E-state index in [2.05, 4.69) is 5.32 Å². The fourth-order valence-electron chi connectivity index (χ4n) is 5.03. The minimum Gasteiger partial charge on any atom is -0.497 e. The molecule has 1 unspecified atom stereocenters. The molecule has 0 aliphatic heterocycles. The lowest BCUT2D eigenvalue weighted by molar-refractivity contribution is -0.141. The highest BCUT2D eigenvalue weighted by molar-refractivity contribution is 7.92. The molecule has 2 amide bonds. The molecule has 1 N–H and O–H groups in total. The number of nitrogens with zero attached hydrogens (tertiary/aromatic N) is 2. The number of ether oxygens (including phenoxy) is 1. The smallest absolute Gasteiger partial charge is 0.243 e. The molecule has 1 atom stereocenters. The summed E-state index contributed by atoms with van der Waals surface area (Å²) in [7, 11) is -2.03. The summed E-state index contributed by atoms with van der Waals surface area (Å²) >= 11 is 6.42. The molecule has 0 radical (unpaired) electrons. The van der Waals surface area contributed by atoms with Crippen LogP contribution in [0.5, 0.6) is 5.75 Å². The highest BCUT2D eigenvalue weighted by Crippen LogP contribution is 2.24. The number of halogens is 1. The molecule has 0 heterocycles. The second-order valence-corrected chi connectivity index (χ2v) is 12.3. The van der Waals surface area contributed by atoms with E-state index < -0.39 is 16.1 Å². The number of nitrogens with one attached hydrogen (secondary N) is 1. The first kappa shape index (κ1) is 30.8. The van der Waals surface area contributed by atoms with Crippen LogP contribution in [0.1, 0.15) is 63.9 Å². The van der Waals surface area contributed by atoms with E-state index in [1.165, 1.54) is 10.7 Å². The van der Waals surface area contributed by atoms with Gasteiger partial charge in [-0.05, 0) is 61.6 Å². The summed E-state index contributed by atoms with van der Waals surface area (Å²) in [6, 6.07) is 13.5. The zero-order chi connectivity index (χ0) is 28.4. The summed E-state index contributed by atoms with van der Waals surface area (Å²) < 4.78 is 31.5. The van der Waals surface area contributed by atoms with Crippen LogP contribution in [0.4, 0.5) is 5.69 Å². The molecule has 1 aliphatic rings. The van der Waals surface area contributed by atoms with Crippen molar-refractivity contribution in [3.05, 3.63) is 59.1 Å². The summed E-state index contributed by atoms with van der Waals surface area (Å²) in [4.78, 5) is 28.6. The predicted molar refractivity (Wildman–Crippen MR) is 156 cm³/mol. The van der Waals surface area contributed by atoms with Gasteiger partial charge in [0.1, 0.15) is 11.8 Å². The molecule has 39 heavy (non-hydrogen) atoms. The van der Waals surface area contributed by atoms with E-state index >= 15 is 0 Å². The number of amides is 2. The van der Waals surface area contributed by atoms with Gasteiger partial charge in [-0.15, -0.1) is 0 Å². The number of benzene rings is 2. The summed E-state index contributed by atoms with van der Waals surface area (Å²) in [5.74, 6) is 0.249. The Balaban J connectivity index is 1.75. The van der Waals surface area contributed by atoms with E-state index in [9.17, 15) is 18.0 Å². The normalized spacial score (nSPS) is 14.9. The molecule has 1 aliphatic carbocycles. The van der Waals surface area contributed by atoms with Crippen molar-refractivity contribution in [2.24, 2.45) is 0 Å². The first-order chi connectivity index (χ1) is 18.6. The number of hydrogen-bond donors (Lipinski definition) is 1. The molecule has 0 spiro atoms. The van der Waals surface area contributed by atoms with Gasteiger partial charge in [0.25, 0.3) is 0 Å². The van der Waals surface area contributed by atoms with Crippen LogP contribution in [-0.2, 0) is 26.2 Å². The van der Waals surface area contributed by atoms with Crippen molar-refractivity contribution in [2.45, 2.75) is 76.9 Å². The molecule has 10 heteroatoms. The number of carbonyl (C=O) groups excluding carboxylic acids is 2. The lowest BCUT2D eigenvalue weighted by Gasteiger charge is -2.33. The van der Waals surface area contributed by atoms with Gasteiger partial charge in [-0.3, -0.25) is 13.9 Å². The second-order valence-electron chi connectivity index (χ2n) is 10.0. The Morgan fingerprint density at radius 2 is 1.74 bits per heavy atom. The van der Waals surface area contributed by atoms with Gasteiger partial charge in [0.15, 0.2) is 0 Å². The van der Waals surface area contributed by atoms with Gasteiger partial charge < -0.3 is 15.0 Å². The molecule has 0 saturated heterocycles. The van der Waals surface area contributed by atoms with Crippen LogP contribution >= 0.6 is 11.6 Å². The fraction of sp³-hybridized carbons (Fsp3) is 0.517. The Labute approximate surface area is 237 Å². The minimum absolute atomic E-state index is 0.0832. The fourth-order valence-corrected chi connectivity index (χ4v) is 6.19. The van der Waals surface area contributed by atoms with Crippen molar-refractivity contribution in [1.82, 2.24) is 10.2 Å². The molecule has 1 saturated carbocycles. The van der Waals surface area contributed by atoms with Crippen molar-refractivity contribution in [3.63, 3.8) is 0 Å². The summed E-state index contributed by atoms with van der Waals surface area (Å²) in [6.07, 6.45) is 7.24. The molecule has 214 valence electrons. The number of methoxy groups -OCH3 is 1. The Hall–Kier alpha value is -2.78. The Bertz CT molecular complexity index is 1200. The van der Waals surface area contributed by atoms with Gasteiger partial charge >= 0.3 is 0 Å². The zero-order valence-electron chi connectivity index (χ0n) is 23.1. The largest absolute Gasteiger partial charge is 0.497 e. The average Bonchev–Trinajstić information content (AvgIpc) is 2.92. The van der Waals surface area contributed by atoms with Crippen molar-refractivity contribution in [3.8, 4) is 5.75 Å². The Morgan fingerprint density at radius 3 is 2.33 bits per heavy atom. The number of carbonyl (C=O) groups is 2. The van der Waals surface area contributed by atoms with Crippen molar-refractivity contribution in [1.29, 1.82) is 0 Å². The molecular weight excluding hydrogens is 538 g/mol. The quantitative estimate of drug-likeness (QED) is 0.355. The number of hydrogen-bond acceptors (Lipinski definition) is 5. The van der Waals surface area contributed by atoms with Gasteiger partial charge in [-0.1, -0.05) is 56.0 Å². The molecular formula is C29H40ClN3O5S. The average molecular weight is 578 g/mol. The highest BCUT2D eigenvalue weighted by Gasteiger charge is 2.30. The zero-order valence-corrected chi connectivity index (χ0v) is 24.6. The van der Waals surface area contributed by atoms with Crippen LogP contribution in [0.15, 0.2) is 48.5 Å². The van der Waals surface area contributed by atoms with Crippen molar-refractivity contribution < 1.29 is 22.7 Å². The van der Waals surface area contributed by atoms with Crippen molar-refractivity contribution in [2.75, 3.05) is 24.2 Å². The van der Waals surface area contributed by atoms with Crippen LogP contribution in [-0.4, -0.2) is 57.1 Å². The van der Waals surface area contributed by atoms with Crippen LogP contribution in [0.2, 0.25) is 5.02 Å². The van der Waals surface area contributed by atoms with Gasteiger partial charge in [0.2, 0.25) is 21.8 Å². The molecule has 2 aromatic carbocycles. The number of rotatable bonds is 13. The van der Waals surface area contributed by atoms with Crippen LogP contribution < -0.4 is 14.4 Å². The van der Waals surface area contributed by atoms with Gasteiger partial charge in [0.05, 0.1) is 19.1 Å². The minimum atomic E-state index is -3.57. The van der Waals surface area contributed by atoms with Crippen LogP contribution in [0, 0.1) is 0 Å². The SMILES string of the molecule is CCC(C(=O)NC1CCCCC1)N(Cc1ccccc1Cl)C(=O)CCCN(c1ccc(OC)cc1)S(C)(=O)=O. The van der Waals surface area contributed by atoms with Gasteiger partial charge in [0, 0.05) is 30.6 Å². The van der Waals surface area contributed by atoms with Gasteiger partial charge in [-0.2, -0.15) is 0 Å². The number of sulfonamides is 1. The van der Waals surface area contributed by atoms with Gasteiger partial charge in [-0.25, -0.2) is 8.42 Å². The van der Waals surface area contributed by atoms with E-state index in [-0.39, 0.29) is 43.8 Å². The lowest BCUT2D eigenvalue weighted by atomic mass is 9.95. The molecule has 1 fully saturated rings. The summed E-state index contributed by atoms with van der Waals surface area (Å²) in [5, 5.41) is 3.70. The van der Waals surface area contributed by atoms with Crippen LogP contribution in [0.25, 0.3) is 0 Å². The van der Waals surface area contributed by atoms with Crippen molar-refractivity contribution >= 4 is 39.1 Å². The number of anilines is 1. The summed E-state index contributed by atoms with van der Waals surface area (Å²) in [5.41, 5.74) is 1.25. The van der Waals surface area contributed by atoms with E-state index in [1.54, 1.807) is 42.3 Å². The third-order valence-electron chi connectivity index (χ3n) is 7.15. The third-order valence-corrected chi connectivity index (χ3v) is 8.71. The second kappa shape index (κ2) is 14.6. The van der Waals surface area contributed by atoms with E-state index in [0.29, 0.717) is 22.9 Å². The molecule has 0 aromatic heterocycles. The molecule has 0 bridgehead atoms. The molecule has 8 nitrogen and oxygen atoms in total. The lowest BCUT2D eigenvalue weighted by Crippen LogP contribution is -2.51. The first-order valence-corrected chi connectivity index (χ1v) is 15.8. The molecule has 2 aromatic rings. The standard InChI is InChI=1S/C29H40ClN3O5S/c1-4-27(29(35)31-23-12-6-5-7-13-23)32(21-22-11-8-9-14-26(22)30)28(34)15-10-20-33(39(3,36)37)24-16-18-25(38-2)19-17-24/h8-9,11,14,16-19,23,27H,4-7,10,12-13,15,20-21H2,1-3H3,(H,31,35). The monoisotopic (exact) mass is 577 g/mol. The maximum atomic E-state index is 13.6. The molecule has 3 rings (SSSR count). The van der Waals surface area contributed by atoms with E-state index in [0.717, 1.165) is 37.5 Å². The van der Waals surface area contributed by atoms with E-state index in [4.69, 9.17) is 16.3 Å². The Kier molecular flexibility index (Phi) is 11.5. The van der Waals surface area contributed by atoms with Crippen LogP contribution in [0.3, 0.4) is 0 Å². The maximum absolute atomic E-state index is 13.6.